The van der Waals surface area contributed by atoms with Crippen molar-refractivity contribution in [3.63, 3.8) is 0 Å². The highest BCUT2D eigenvalue weighted by molar-refractivity contribution is 6.30. The van der Waals surface area contributed by atoms with Crippen LogP contribution in [0.3, 0.4) is 0 Å². The third kappa shape index (κ3) is 6.85. The average Bonchev–Trinajstić information content (AvgIpc) is 2.83. The number of nitrogens with zero attached hydrogens (tertiary/aromatic N) is 1. The normalized spacial score (nSPS) is 10.6. The van der Waals surface area contributed by atoms with Crippen molar-refractivity contribution in [1.82, 2.24) is 10.7 Å². The van der Waals surface area contributed by atoms with E-state index in [1.807, 2.05) is 36.4 Å². The molecule has 3 aromatic rings. The molecule has 0 aromatic heterocycles. The average molecular weight is 452 g/mol. The molecule has 7 nitrogen and oxygen atoms in total. The molecule has 3 rings (SSSR count). The Morgan fingerprint density at radius 1 is 1.00 bits per heavy atom. The number of nitrogens with one attached hydrogen (secondary N) is 2. The van der Waals surface area contributed by atoms with Gasteiger partial charge in [0, 0.05) is 16.1 Å². The lowest BCUT2D eigenvalue weighted by molar-refractivity contribution is -0.120. The molecule has 2 N–H and O–H groups in total. The number of rotatable bonds is 9. The van der Waals surface area contributed by atoms with E-state index in [9.17, 15) is 9.59 Å². The molecule has 0 unspecified atom stereocenters. The highest BCUT2D eigenvalue weighted by atomic mass is 35.5. The fraction of sp³-hybridized carbons (Fsp3) is 0.125. The number of ether oxygens (including phenoxy) is 2. The zero-order chi connectivity index (χ0) is 22.8. The van der Waals surface area contributed by atoms with Crippen LogP contribution >= 0.6 is 11.6 Å². The first-order valence-electron chi connectivity index (χ1n) is 9.75. The number of hydrogen-bond donors (Lipinski definition) is 2. The van der Waals surface area contributed by atoms with Crippen molar-refractivity contribution in [1.29, 1.82) is 0 Å². The Bertz CT molecular complexity index is 1080. The molecule has 0 aliphatic heterocycles. The molecule has 0 spiro atoms. The molecule has 0 aliphatic carbocycles. The summed E-state index contributed by atoms with van der Waals surface area (Å²) in [5.74, 6) is 0.440. The third-order valence-electron chi connectivity index (χ3n) is 4.38. The molecule has 0 aliphatic rings. The Balaban J connectivity index is 1.49. The number of carbonyl (C=O) groups excluding carboxylic acids is 2. The minimum Gasteiger partial charge on any atom is -0.497 e. The molecule has 8 heteroatoms. The maximum Gasteiger partial charge on any atom is 0.259 e. The second-order valence-corrected chi connectivity index (χ2v) is 7.09. The lowest BCUT2D eigenvalue weighted by atomic mass is 10.2. The van der Waals surface area contributed by atoms with Crippen LogP contribution in [0, 0.1) is 0 Å². The van der Waals surface area contributed by atoms with Gasteiger partial charge in [0.25, 0.3) is 11.8 Å². The maximum absolute atomic E-state index is 12.1. The highest BCUT2D eigenvalue weighted by Crippen LogP contribution is 2.18. The zero-order valence-electron chi connectivity index (χ0n) is 17.4. The van der Waals surface area contributed by atoms with Crippen molar-refractivity contribution < 1.29 is 19.1 Å². The van der Waals surface area contributed by atoms with Crippen molar-refractivity contribution >= 4 is 29.6 Å². The van der Waals surface area contributed by atoms with Gasteiger partial charge in [-0.3, -0.25) is 9.59 Å². The van der Waals surface area contributed by atoms with Crippen LogP contribution in [-0.4, -0.2) is 31.7 Å². The first kappa shape index (κ1) is 22.8. The largest absolute Gasteiger partial charge is 0.497 e. The van der Waals surface area contributed by atoms with Crippen LogP contribution in [0.1, 0.15) is 21.5 Å². The van der Waals surface area contributed by atoms with Crippen LogP contribution in [0.25, 0.3) is 0 Å². The van der Waals surface area contributed by atoms with Gasteiger partial charge in [-0.15, -0.1) is 0 Å². The summed E-state index contributed by atoms with van der Waals surface area (Å²) in [6.45, 7) is 0.155. The molecular weight excluding hydrogens is 430 g/mol. The summed E-state index contributed by atoms with van der Waals surface area (Å²) in [6, 6.07) is 21.3. The Morgan fingerprint density at radius 2 is 1.72 bits per heavy atom. The van der Waals surface area contributed by atoms with E-state index in [0.717, 1.165) is 5.56 Å². The molecule has 0 fully saturated rings. The number of amides is 2. The Hall–Kier alpha value is -3.84. The van der Waals surface area contributed by atoms with Gasteiger partial charge in [0.2, 0.25) is 0 Å². The first-order chi connectivity index (χ1) is 15.5. The van der Waals surface area contributed by atoms with Gasteiger partial charge in [-0.05, 0) is 54.1 Å². The first-order valence-corrected chi connectivity index (χ1v) is 10.1. The fourth-order valence-corrected chi connectivity index (χ4v) is 2.80. The van der Waals surface area contributed by atoms with E-state index >= 15 is 0 Å². The summed E-state index contributed by atoms with van der Waals surface area (Å²) in [7, 11) is 1.55. The Kier molecular flexibility index (Phi) is 8.22. The van der Waals surface area contributed by atoms with Crippen LogP contribution in [0.2, 0.25) is 5.02 Å². The van der Waals surface area contributed by atoms with Crippen molar-refractivity contribution in [2.24, 2.45) is 5.10 Å². The van der Waals surface area contributed by atoms with Gasteiger partial charge >= 0.3 is 0 Å². The summed E-state index contributed by atoms with van der Waals surface area (Å²) < 4.78 is 10.9. The maximum atomic E-state index is 12.1. The molecule has 0 atom stereocenters. The van der Waals surface area contributed by atoms with Gasteiger partial charge in [0.05, 0.1) is 19.9 Å². The van der Waals surface area contributed by atoms with E-state index in [0.29, 0.717) is 34.3 Å². The van der Waals surface area contributed by atoms with Crippen LogP contribution in [0.5, 0.6) is 11.5 Å². The fourth-order valence-electron chi connectivity index (χ4n) is 2.68. The van der Waals surface area contributed by atoms with Gasteiger partial charge in [0.15, 0.2) is 0 Å². The van der Waals surface area contributed by atoms with Crippen LogP contribution < -0.4 is 20.2 Å². The Morgan fingerprint density at radius 3 is 2.44 bits per heavy atom. The molecule has 0 saturated carbocycles. The van der Waals surface area contributed by atoms with E-state index in [1.54, 1.807) is 43.5 Å². The quantitative estimate of drug-likeness (QED) is 0.382. The number of halogens is 1. The number of carbonyl (C=O) groups is 2. The molecule has 0 heterocycles. The van der Waals surface area contributed by atoms with Gasteiger partial charge < -0.3 is 14.8 Å². The van der Waals surface area contributed by atoms with Crippen molar-refractivity contribution in [2.45, 2.75) is 6.61 Å². The van der Waals surface area contributed by atoms with Crippen molar-refractivity contribution in [3.8, 4) is 11.5 Å². The van der Waals surface area contributed by atoms with Crippen LogP contribution in [0.4, 0.5) is 0 Å². The second kappa shape index (κ2) is 11.5. The number of methoxy groups -OCH3 is 1. The summed E-state index contributed by atoms with van der Waals surface area (Å²) in [4.78, 5) is 24.1. The lowest BCUT2D eigenvalue weighted by Crippen LogP contribution is -2.34. The van der Waals surface area contributed by atoms with E-state index in [-0.39, 0.29) is 12.5 Å². The number of benzene rings is 3. The number of hydrogen-bond acceptors (Lipinski definition) is 5. The Labute approximate surface area is 191 Å². The van der Waals surface area contributed by atoms with Gasteiger partial charge in [-0.1, -0.05) is 35.9 Å². The minimum atomic E-state index is -0.456. The molecule has 0 saturated heterocycles. The summed E-state index contributed by atoms with van der Waals surface area (Å²) >= 11 is 5.90. The second-order valence-electron chi connectivity index (χ2n) is 6.66. The number of hydrazone groups is 1. The van der Waals surface area contributed by atoms with Crippen LogP contribution in [0.15, 0.2) is 77.9 Å². The molecule has 164 valence electrons. The van der Waals surface area contributed by atoms with Gasteiger partial charge in [0.1, 0.15) is 18.1 Å². The summed E-state index contributed by atoms with van der Waals surface area (Å²) in [5.41, 5.74) is 4.49. The molecule has 32 heavy (non-hydrogen) atoms. The standard InChI is InChI=1S/C24H22ClN3O4/c1-31-21-12-8-18(9-13-21)24(30)26-15-23(29)28-27-14-19-4-2-3-5-22(19)32-16-17-6-10-20(25)11-7-17/h2-14H,15-16H2,1H3,(H,26,30)(H,28,29)/b27-14+. The number of para-hydroxylation sites is 1. The van der Waals surface area contributed by atoms with Crippen LogP contribution in [-0.2, 0) is 11.4 Å². The predicted molar refractivity (Wildman–Crippen MR) is 123 cm³/mol. The SMILES string of the molecule is COc1ccc(C(=O)NCC(=O)N/N=C/c2ccccc2OCc2ccc(Cl)cc2)cc1. The summed E-state index contributed by atoms with van der Waals surface area (Å²) in [6.07, 6.45) is 1.49. The smallest absolute Gasteiger partial charge is 0.259 e. The molecule has 0 bridgehead atoms. The highest BCUT2D eigenvalue weighted by Gasteiger charge is 2.08. The van der Waals surface area contributed by atoms with Crippen molar-refractivity contribution in [3.05, 3.63) is 94.5 Å². The summed E-state index contributed by atoms with van der Waals surface area (Å²) in [5, 5.41) is 7.16. The van der Waals surface area contributed by atoms with E-state index in [2.05, 4.69) is 15.8 Å². The lowest BCUT2D eigenvalue weighted by Gasteiger charge is -2.09. The van der Waals surface area contributed by atoms with E-state index < -0.39 is 5.91 Å². The predicted octanol–water partition coefficient (Wildman–Crippen LogP) is 3.81. The van der Waals surface area contributed by atoms with E-state index in [4.69, 9.17) is 21.1 Å². The van der Waals surface area contributed by atoms with Gasteiger partial charge in [-0.2, -0.15) is 5.10 Å². The van der Waals surface area contributed by atoms with Gasteiger partial charge in [-0.25, -0.2) is 5.43 Å². The molecule has 3 aromatic carbocycles. The third-order valence-corrected chi connectivity index (χ3v) is 4.63. The molecule has 2 amide bonds. The molecule has 0 radical (unpaired) electrons. The molecular formula is C24H22ClN3O4. The topological polar surface area (TPSA) is 89.0 Å². The minimum absolute atomic E-state index is 0.211. The van der Waals surface area contributed by atoms with E-state index in [1.165, 1.54) is 6.21 Å². The van der Waals surface area contributed by atoms with Crippen molar-refractivity contribution in [2.75, 3.05) is 13.7 Å². The zero-order valence-corrected chi connectivity index (χ0v) is 18.1. The monoisotopic (exact) mass is 451 g/mol.